The Kier molecular flexibility index (Phi) is 4.40. The maximum Gasteiger partial charge on any atom is 0.187 e. The normalized spacial score (nSPS) is 11.9. The second-order valence-electron chi connectivity index (χ2n) is 4.19. The molecule has 0 saturated heterocycles. The van der Waals surface area contributed by atoms with Gasteiger partial charge in [0.1, 0.15) is 12.0 Å². The summed E-state index contributed by atoms with van der Waals surface area (Å²) < 4.78 is 5.84. The molecule has 0 bridgehead atoms. The summed E-state index contributed by atoms with van der Waals surface area (Å²) in [6, 6.07) is 8.07. The molecule has 1 rings (SSSR count). The minimum atomic E-state index is 0.628. The van der Waals surface area contributed by atoms with Crippen LogP contribution in [0, 0.1) is 0 Å². The van der Waals surface area contributed by atoms with E-state index in [2.05, 4.69) is 14.1 Å². The molecule has 0 N–H and O–H groups in total. The SMILES string of the molecule is COC[N+](C)(C)c1ccc(C=CC=O)cc1. The van der Waals surface area contributed by atoms with Crippen molar-refractivity contribution in [2.24, 2.45) is 0 Å². The third kappa shape index (κ3) is 3.29. The predicted octanol–water partition coefficient (Wildman–Crippen LogP) is 2.07. The zero-order valence-electron chi connectivity index (χ0n) is 10.0. The lowest BCUT2D eigenvalue weighted by atomic mass is 10.2. The van der Waals surface area contributed by atoms with Crippen molar-refractivity contribution in [3.8, 4) is 0 Å². The second kappa shape index (κ2) is 5.58. The first-order valence-electron chi connectivity index (χ1n) is 5.14. The van der Waals surface area contributed by atoms with Crippen LogP contribution in [-0.4, -0.2) is 34.2 Å². The van der Waals surface area contributed by atoms with Crippen molar-refractivity contribution in [3.63, 3.8) is 0 Å². The van der Waals surface area contributed by atoms with Crippen molar-refractivity contribution >= 4 is 18.0 Å². The third-order valence-electron chi connectivity index (χ3n) is 2.41. The molecule has 3 nitrogen and oxygen atoms in total. The van der Waals surface area contributed by atoms with Crippen LogP contribution in [0.15, 0.2) is 30.3 Å². The molecule has 0 atom stereocenters. The van der Waals surface area contributed by atoms with E-state index < -0.39 is 0 Å². The molecule has 0 aliphatic heterocycles. The van der Waals surface area contributed by atoms with Gasteiger partial charge in [0.2, 0.25) is 0 Å². The highest BCUT2D eigenvalue weighted by atomic mass is 16.5. The molecule has 16 heavy (non-hydrogen) atoms. The summed E-state index contributed by atoms with van der Waals surface area (Å²) in [5, 5.41) is 0. The number of carbonyl (C=O) groups excluding carboxylic acids is 1. The molecule has 0 aromatic heterocycles. The number of benzene rings is 1. The molecular formula is C13H18NO2+. The maximum absolute atomic E-state index is 10.2. The van der Waals surface area contributed by atoms with Crippen LogP contribution in [0.5, 0.6) is 0 Å². The van der Waals surface area contributed by atoms with Gasteiger partial charge in [-0.25, -0.2) is 0 Å². The highest BCUT2D eigenvalue weighted by molar-refractivity contribution is 5.74. The van der Waals surface area contributed by atoms with Gasteiger partial charge in [0.05, 0.1) is 14.1 Å². The van der Waals surface area contributed by atoms with Crippen molar-refractivity contribution in [1.82, 2.24) is 4.48 Å². The second-order valence-corrected chi connectivity index (χ2v) is 4.19. The highest BCUT2D eigenvalue weighted by Crippen LogP contribution is 2.19. The fourth-order valence-electron chi connectivity index (χ4n) is 1.54. The lowest BCUT2D eigenvalue weighted by Gasteiger charge is -2.27. The molecule has 0 radical (unpaired) electrons. The number of quaternary nitrogens is 1. The highest BCUT2D eigenvalue weighted by Gasteiger charge is 2.17. The Labute approximate surface area is 96.5 Å². The van der Waals surface area contributed by atoms with Crippen LogP contribution in [0.1, 0.15) is 5.56 Å². The van der Waals surface area contributed by atoms with Gasteiger partial charge in [0.25, 0.3) is 0 Å². The Morgan fingerprint density at radius 1 is 1.25 bits per heavy atom. The number of aldehydes is 1. The van der Waals surface area contributed by atoms with E-state index in [0.717, 1.165) is 11.8 Å². The van der Waals surface area contributed by atoms with Gasteiger partial charge in [-0.15, -0.1) is 0 Å². The van der Waals surface area contributed by atoms with Gasteiger partial charge in [-0.2, -0.15) is 0 Å². The number of allylic oxidation sites excluding steroid dienone is 1. The van der Waals surface area contributed by atoms with Gasteiger partial charge in [0.15, 0.2) is 6.73 Å². The average Bonchev–Trinajstić information content (AvgIpc) is 2.27. The molecule has 86 valence electrons. The summed E-state index contributed by atoms with van der Waals surface area (Å²) in [7, 11) is 5.86. The molecule has 0 unspecified atom stereocenters. The van der Waals surface area contributed by atoms with E-state index in [0.29, 0.717) is 11.2 Å². The fraction of sp³-hybridized carbons (Fsp3) is 0.308. The van der Waals surface area contributed by atoms with E-state index in [1.165, 1.54) is 11.8 Å². The Morgan fingerprint density at radius 2 is 1.88 bits per heavy atom. The number of rotatable bonds is 5. The van der Waals surface area contributed by atoms with Gasteiger partial charge in [-0.1, -0.05) is 6.08 Å². The Hall–Kier alpha value is -1.45. The lowest BCUT2D eigenvalue weighted by molar-refractivity contribution is -0.104. The smallest absolute Gasteiger partial charge is 0.187 e. The quantitative estimate of drug-likeness (QED) is 0.328. The van der Waals surface area contributed by atoms with E-state index in [9.17, 15) is 4.79 Å². The van der Waals surface area contributed by atoms with Crippen LogP contribution in [0.25, 0.3) is 6.08 Å². The molecular weight excluding hydrogens is 202 g/mol. The van der Waals surface area contributed by atoms with E-state index in [1.54, 1.807) is 13.2 Å². The van der Waals surface area contributed by atoms with Crippen molar-refractivity contribution < 1.29 is 9.53 Å². The van der Waals surface area contributed by atoms with Crippen LogP contribution in [-0.2, 0) is 9.53 Å². The minimum Gasteiger partial charge on any atom is -0.335 e. The van der Waals surface area contributed by atoms with Gasteiger partial charge in [-0.3, -0.25) is 9.28 Å². The first-order chi connectivity index (χ1) is 7.60. The molecule has 1 aromatic rings. The van der Waals surface area contributed by atoms with E-state index in [-0.39, 0.29) is 0 Å². The zero-order valence-corrected chi connectivity index (χ0v) is 10.0. The van der Waals surface area contributed by atoms with Gasteiger partial charge >= 0.3 is 0 Å². The summed E-state index contributed by atoms with van der Waals surface area (Å²) in [5.74, 6) is 0. The van der Waals surface area contributed by atoms with E-state index in [1.807, 2.05) is 24.3 Å². The molecule has 0 amide bonds. The fourth-order valence-corrected chi connectivity index (χ4v) is 1.54. The number of hydrogen-bond acceptors (Lipinski definition) is 2. The molecule has 1 aromatic carbocycles. The maximum atomic E-state index is 10.2. The van der Waals surface area contributed by atoms with Gasteiger partial charge in [-0.05, 0) is 35.9 Å². The van der Waals surface area contributed by atoms with Crippen LogP contribution in [0.3, 0.4) is 0 Å². The molecule has 0 aliphatic carbocycles. The van der Waals surface area contributed by atoms with Crippen LogP contribution in [0.4, 0.5) is 5.69 Å². The van der Waals surface area contributed by atoms with E-state index in [4.69, 9.17) is 4.74 Å². The standard InChI is InChI=1S/C13H18NO2/c1-14(2,11-16-3)13-8-6-12(7-9-13)5-4-10-15/h4-10H,11H2,1-3H3/q+1. The number of carbonyl (C=O) groups is 1. The van der Waals surface area contributed by atoms with Crippen LogP contribution >= 0.6 is 0 Å². The molecule has 0 fully saturated rings. The number of nitrogens with zero attached hydrogens (tertiary/aromatic N) is 1. The number of methoxy groups -OCH3 is 1. The van der Waals surface area contributed by atoms with Crippen molar-refractivity contribution in [2.75, 3.05) is 27.9 Å². The number of ether oxygens (including phenoxy) is 1. The van der Waals surface area contributed by atoms with E-state index >= 15 is 0 Å². The average molecular weight is 220 g/mol. The van der Waals surface area contributed by atoms with Crippen molar-refractivity contribution in [2.45, 2.75) is 0 Å². The predicted molar refractivity (Wildman–Crippen MR) is 67.1 cm³/mol. The summed E-state index contributed by atoms with van der Waals surface area (Å²) in [6.45, 7) is 0.628. The zero-order chi connectivity index (χ0) is 12.0. The first-order valence-corrected chi connectivity index (χ1v) is 5.14. The minimum absolute atomic E-state index is 0.628. The van der Waals surface area contributed by atoms with Crippen LogP contribution in [0.2, 0.25) is 0 Å². The first kappa shape index (κ1) is 12.6. The Morgan fingerprint density at radius 3 is 2.38 bits per heavy atom. The van der Waals surface area contributed by atoms with Crippen LogP contribution < -0.4 is 4.48 Å². The third-order valence-corrected chi connectivity index (χ3v) is 2.41. The molecule has 0 heterocycles. The summed E-state index contributed by atoms with van der Waals surface area (Å²) >= 11 is 0. The molecule has 0 spiro atoms. The van der Waals surface area contributed by atoms with Crippen molar-refractivity contribution in [3.05, 3.63) is 35.9 Å². The Bertz CT molecular complexity index is 366. The largest absolute Gasteiger partial charge is 0.335 e. The topological polar surface area (TPSA) is 26.3 Å². The lowest BCUT2D eigenvalue weighted by Crippen LogP contribution is -2.41. The number of hydrogen-bond donors (Lipinski definition) is 0. The summed E-state index contributed by atoms with van der Waals surface area (Å²) in [5.41, 5.74) is 2.19. The summed E-state index contributed by atoms with van der Waals surface area (Å²) in [4.78, 5) is 10.2. The van der Waals surface area contributed by atoms with Crippen molar-refractivity contribution in [1.29, 1.82) is 0 Å². The molecule has 0 saturated carbocycles. The Balaban J connectivity index is 2.85. The summed E-state index contributed by atoms with van der Waals surface area (Å²) in [6.07, 6.45) is 4.05. The van der Waals surface area contributed by atoms with Gasteiger partial charge in [0, 0.05) is 7.11 Å². The molecule has 0 aliphatic rings. The van der Waals surface area contributed by atoms with Gasteiger partial charge < -0.3 is 4.74 Å². The molecule has 3 heteroatoms. The monoisotopic (exact) mass is 220 g/mol.